The quantitative estimate of drug-likeness (QED) is 0.660. The Morgan fingerprint density at radius 1 is 1.26 bits per heavy atom. The summed E-state index contributed by atoms with van der Waals surface area (Å²) in [7, 11) is 0. The third-order valence-electron chi connectivity index (χ3n) is 3.87. The number of hydrogen-bond acceptors (Lipinski definition) is 5. The number of carbonyl (C=O) groups excluding carboxylic acids is 2. The van der Waals surface area contributed by atoms with Gasteiger partial charge in [-0.25, -0.2) is 0 Å². The van der Waals surface area contributed by atoms with E-state index in [0.717, 1.165) is 0 Å². The average molecular weight is 320 g/mol. The van der Waals surface area contributed by atoms with Crippen molar-refractivity contribution in [2.45, 2.75) is 13.8 Å². The first-order valence-corrected chi connectivity index (χ1v) is 7.39. The van der Waals surface area contributed by atoms with Crippen LogP contribution in [-0.2, 0) is 9.59 Å². The maximum atomic E-state index is 12.1. The summed E-state index contributed by atoms with van der Waals surface area (Å²) in [5.74, 6) is -0.180. The maximum absolute atomic E-state index is 12.1. The molecule has 1 aromatic rings. The molecule has 0 radical (unpaired) electrons. The van der Waals surface area contributed by atoms with Crippen molar-refractivity contribution < 1.29 is 14.5 Å². The molecule has 1 heterocycles. The van der Waals surface area contributed by atoms with Crippen LogP contribution in [0.4, 0.5) is 11.4 Å². The minimum absolute atomic E-state index is 0.0159. The number of anilines is 1. The lowest BCUT2D eigenvalue weighted by molar-refractivity contribution is -0.385. The van der Waals surface area contributed by atoms with Crippen molar-refractivity contribution in [3.8, 4) is 0 Å². The average Bonchev–Trinajstić information content (AvgIpc) is 2.49. The van der Waals surface area contributed by atoms with Crippen LogP contribution in [0.2, 0.25) is 0 Å². The number of benzene rings is 1. The predicted molar refractivity (Wildman–Crippen MR) is 85.2 cm³/mol. The van der Waals surface area contributed by atoms with E-state index in [1.165, 1.54) is 13.0 Å². The summed E-state index contributed by atoms with van der Waals surface area (Å²) >= 11 is 0. The van der Waals surface area contributed by atoms with Crippen molar-refractivity contribution in [1.29, 1.82) is 0 Å². The summed E-state index contributed by atoms with van der Waals surface area (Å²) in [6.45, 7) is 5.89. The number of carbonyl (C=O) groups is 2. The van der Waals surface area contributed by atoms with E-state index in [9.17, 15) is 19.7 Å². The van der Waals surface area contributed by atoms with E-state index in [-0.39, 0.29) is 24.0 Å². The molecule has 1 aromatic carbocycles. The van der Waals surface area contributed by atoms with Crippen molar-refractivity contribution in [3.63, 3.8) is 0 Å². The number of aryl methyl sites for hydroxylation is 1. The standard InChI is InChI=1S/C15H20N4O4/c1-11-3-4-13(9-14(11)19(22)23)16-15(21)10-17-5-7-18(8-6-17)12(2)20/h3-4,9H,5-8,10H2,1-2H3,(H,16,21). The summed E-state index contributed by atoms with van der Waals surface area (Å²) < 4.78 is 0. The first-order chi connectivity index (χ1) is 10.9. The SMILES string of the molecule is CC(=O)N1CCN(CC(=O)Nc2ccc(C)c([N+](=O)[O-])c2)CC1. The molecule has 0 aliphatic carbocycles. The molecule has 0 bridgehead atoms. The highest BCUT2D eigenvalue weighted by atomic mass is 16.6. The van der Waals surface area contributed by atoms with Gasteiger partial charge in [-0.05, 0) is 13.0 Å². The lowest BCUT2D eigenvalue weighted by Gasteiger charge is -2.33. The van der Waals surface area contributed by atoms with Crippen LogP contribution in [0.5, 0.6) is 0 Å². The highest BCUT2D eigenvalue weighted by molar-refractivity contribution is 5.92. The van der Waals surface area contributed by atoms with Crippen LogP contribution < -0.4 is 5.32 Å². The van der Waals surface area contributed by atoms with Crippen LogP contribution >= 0.6 is 0 Å². The molecule has 8 nitrogen and oxygen atoms in total. The zero-order valence-electron chi connectivity index (χ0n) is 13.2. The molecule has 1 aliphatic heterocycles. The molecule has 23 heavy (non-hydrogen) atoms. The molecule has 1 N–H and O–H groups in total. The molecular weight excluding hydrogens is 300 g/mol. The van der Waals surface area contributed by atoms with E-state index in [1.807, 2.05) is 4.90 Å². The van der Waals surface area contributed by atoms with Gasteiger partial charge in [-0.2, -0.15) is 0 Å². The third-order valence-corrected chi connectivity index (χ3v) is 3.87. The van der Waals surface area contributed by atoms with Gasteiger partial charge in [-0.1, -0.05) is 6.07 Å². The minimum atomic E-state index is -0.466. The lowest BCUT2D eigenvalue weighted by Crippen LogP contribution is -2.49. The van der Waals surface area contributed by atoms with E-state index in [1.54, 1.807) is 24.0 Å². The third kappa shape index (κ3) is 4.49. The molecule has 0 unspecified atom stereocenters. The second-order valence-electron chi connectivity index (χ2n) is 5.59. The van der Waals surface area contributed by atoms with Gasteiger partial charge in [0.15, 0.2) is 0 Å². The van der Waals surface area contributed by atoms with Crippen molar-refractivity contribution in [3.05, 3.63) is 33.9 Å². The Morgan fingerprint density at radius 2 is 1.91 bits per heavy atom. The Morgan fingerprint density at radius 3 is 2.48 bits per heavy atom. The Balaban J connectivity index is 1.89. The number of hydrogen-bond donors (Lipinski definition) is 1. The zero-order valence-corrected chi connectivity index (χ0v) is 13.2. The van der Waals surface area contributed by atoms with E-state index < -0.39 is 4.92 Å². The molecule has 1 fully saturated rings. The van der Waals surface area contributed by atoms with Crippen LogP contribution in [-0.4, -0.2) is 59.3 Å². The zero-order chi connectivity index (χ0) is 17.0. The van der Waals surface area contributed by atoms with E-state index >= 15 is 0 Å². The molecule has 0 saturated carbocycles. The number of nitrogens with one attached hydrogen (secondary N) is 1. The molecule has 1 aliphatic rings. The van der Waals surface area contributed by atoms with Crippen LogP contribution in [0, 0.1) is 17.0 Å². The molecule has 8 heteroatoms. The highest BCUT2D eigenvalue weighted by Crippen LogP contribution is 2.22. The molecule has 0 aromatic heterocycles. The second kappa shape index (κ2) is 7.19. The van der Waals surface area contributed by atoms with Gasteiger partial charge in [-0.3, -0.25) is 24.6 Å². The number of piperazine rings is 1. The molecule has 1 saturated heterocycles. The number of amides is 2. The summed E-state index contributed by atoms with van der Waals surface area (Å²) in [4.78, 5) is 37.5. The Labute approximate surface area is 134 Å². The van der Waals surface area contributed by atoms with E-state index in [2.05, 4.69) is 5.32 Å². The maximum Gasteiger partial charge on any atom is 0.274 e. The Kier molecular flexibility index (Phi) is 5.28. The monoisotopic (exact) mass is 320 g/mol. The van der Waals surface area contributed by atoms with Gasteiger partial charge in [0, 0.05) is 50.4 Å². The van der Waals surface area contributed by atoms with Gasteiger partial charge in [0.05, 0.1) is 11.5 Å². The number of rotatable bonds is 4. The topological polar surface area (TPSA) is 95.8 Å². The van der Waals surface area contributed by atoms with E-state index in [0.29, 0.717) is 37.4 Å². The van der Waals surface area contributed by atoms with Gasteiger partial charge >= 0.3 is 0 Å². The van der Waals surface area contributed by atoms with Crippen LogP contribution in [0.3, 0.4) is 0 Å². The summed E-state index contributed by atoms with van der Waals surface area (Å²) in [5, 5.41) is 13.6. The Bertz CT molecular complexity index is 624. The normalized spacial score (nSPS) is 15.3. The van der Waals surface area contributed by atoms with E-state index in [4.69, 9.17) is 0 Å². The fourth-order valence-corrected chi connectivity index (χ4v) is 2.51. The van der Waals surface area contributed by atoms with Crippen molar-refractivity contribution >= 4 is 23.2 Å². The first kappa shape index (κ1) is 16.9. The van der Waals surface area contributed by atoms with Gasteiger partial charge in [0.25, 0.3) is 5.69 Å². The molecule has 2 rings (SSSR count). The number of nitro groups is 1. The lowest BCUT2D eigenvalue weighted by atomic mass is 10.2. The Hall–Kier alpha value is -2.48. The summed E-state index contributed by atoms with van der Waals surface area (Å²) in [6.07, 6.45) is 0. The smallest absolute Gasteiger partial charge is 0.274 e. The number of nitrogens with zero attached hydrogens (tertiary/aromatic N) is 3. The van der Waals surface area contributed by atoms with Crippen LogP contribution in [0.1, 0.15) is 12.5 Å². The second-order valence-corrected chi connectivity index (χ2v) is 5.59. The first-order valence-electron chi connectivity index (χ1n) is 7.39. The molecule has 0 atom stereocenters. The number of nitro benzene ring substituents is 1. The van der Waals surface area contributed by atoms with Gasteiger partial charge < -0.3 is 10.2 Å². The summed E-state index contributed by atoms with van der Waals surface area (Å²) in [6, 6.07) is 4.62. The van der Waals surface area contributed by atoms with Crippen LogP contribution in [0.25, 0.3) is 0 Å². The van der Waals surface area contributed by atoms with Gasteiger partial charge in [-0.15, -0.1) is 0 Å². The fraction of sp³-hybridized carbons (Fsp3) is 0.467. The van der Waals surface area contributed by atoms with Gasteiger partial charge in [0.1, 0.15) is 0 Å². The van der Waals surface area contributed by atoms with Crippen molar-refractivity contribution in [2.75, 3.05) is 38.0 Å². The largest absolute Gasteiger partial charge is 0.340 e. The van der Waals surface area contributed by atoms with Crippen molar-refractivity contribution in [2.24, 2.45) is 0 Å². The summed E-state index contributed by atoms with van der Waals surface area (Å²) in [5.41, 5.74) is 0.945. The highest BCUT2D eigenvalue weighted by Gasteiger charge is 2.20. The molecular formula is C15H20N4O4. The van der Waals surface area contributed by atoms with Gasteiger partial charge in [0.2, 0.25) is 11.8 Å². The fourth-order valence-electron chi connectivity index (χ4n) is 2.51. The predicted octanol–water partition coefficient (Wildman–Crippen LogP) is 1.01. The van der Waals surface area contributed by atoms with Crippen LogP contribution in [0.15, 0.2) is 18.2 Å². The van der Waals surface area contributed by atoms with Crippen molar-refractivity contribution in [1.82, 2.24) is 9.80 Å². The molecule has 2 amide bonds. The minimum Gasteiger partial charge on any atom is -0.340 e. The molecule has 0 spiro atoms. The molecule has 124 valence electrons.